The number of nitrogens with zero attached hydrogens (tertiary/aromatic N) is 1. The first-order valence-electron chi connectivity index (χ1n) is 14.0. The molecule has 4 rings (SSSR count). The number of fused-ring (bicyclic) bond motifs is 1. The van der Waals surface area contributed by atoms with Gasteiger partial charge in [0.1, 0.15) is 17.8 Å². The van der Waals surface area contributed by atoms with Crippen LogP contribution in [0.25, 0.3) is 0 Å². The van der Waals surface area contributed by atoms with Crippen molar-refractivity contribution in [3.05, 3.63) is 59.7 Å². The van der Waals surface area contributed by atoms with Crippen LogP contribution < -0.4 is 15.4 Å². The Kier molecular flexibility index (Phi) is 9.99. The minimum Gasteiger partial charge on any atom is -0.462 e. The van der Waals surface area contributed by atoms with Crippen LogP contribution in [0.4, 0.5) is 5.69 Å². The lowest BCUT2D eigenvalue weighted by Gasteiger charge is -2.35. The molecule has 1 fully saturated rings. The zero-order chi connectivity index (χ0) is 29.5. The summed E-state index contributed by atoms with van der Waals surface area (Å²) in [5, 5.41) is 16.1. The van der Waals surface area contributed by atoms with Gasteiger partial charge in [0, 0.05) is 42.1 Å². The lowest BCUT2D eigenvalue weighted by Crippen LogP contribution is -2.57. The number of nitrogens with one attached hydrogen (secondary N) is 2. The van der Waals surface area contributed by atoms with Crippen molar-refractivity contribution in [2.75, 3.05) is 11.9 Å². The zero-order valence-electron chi connectivity index (χ0n) is 24.3. The monoisotopic (exact) mass is 547 g/mol. The van der Waals surface area contributed by atoms with Crippen LogP contribution in [0.2, 0.25) is 0 Å². The van der Waals surface area contributed by atoms with Crippen LogP contribution in [0.5, 0.6) is 5.75 Å². The highest BCUT2D eigenvalue weighted by Crippen LogP contribution is 2.35. The fourth-order valence-corrected chi connectivity index (χ4v) is 4.79. The van der Waals surface area contributed by atoms with Crippen molar-refractivity contribution in [2.45, 2.75) is 85.1 Å². The molecule has 2 aliphatic rings. The zero-order valence-corrected chi connectivity index (χ0v) is 24.3. The molecule has 2 aromatic rings. The molecule has 0 saturated carbocycles. The summed E-state index contributed by atoms with van der Waals surface area (Å²) in [5.74, 6) is 3.72. The summed E-state index contributed by atoms with van der Waals surface area (Å²) < 4.78 is 5.61. The molecule has 0 aromatic heterocycles. The van der Waals surface area contributed by atoms with Gasteiger partial charge in [0.15, 0.2) is 0 Å². The normalized spacial score (nSPS) is 20.1. The Morgan fingerprint density at radius 1 is 1.15 bits per heavy atom. The second-order valence-electron chi connectivity index (χ2n) is 11.0. The van der Waals surface area contributed by atoms with Gasteiger partial charge in [-0.3, -0.25) is 14.4 Å². The molecule has 40 heavy (non-hydrogen) atoms. The molecular formula is C32H41N3O5. The first-order valence-corrected chi connectivity index (χ1v) is 14.0. The van der Waals surface area contributed by atoms with E-state index in [0.717, 1.165) is 5.56 Å². The number of amides is 3. The van der Waals surface area contributed by atoms with E-state index < -0.39 is 29.2 Å². The van der Waals surface area contributed by atoms with Gasteiger partial charge in [-0.05, 0) is 48.6 Å². The molecule has 2 aliphatic heterocycles. The summed E-state index contributed by atoms with van der Waals surface area (Å²) in [4.78, 5) is 41.0. The minimum atomic E-state index is -1.21. The summed E-state index contributed by atoms with van der Waals surface area (Å²) in [6, 6.07) is 12.9. The molecule has 0 spiro atoms. The quantitative estimate of drug-likeness (QED) is 0.485. The van der Waals surface area contributed by atoms with Crippen LogP contribution >= 0.6 is 0 Å². The van der Waals surface area contributed by atoms with Crippen LogP contribution in [-0.4, -0.2) is 52.1 Å². The van der Waals surface area contributed by atoms with Gasteiger partial charge in [-0.2, -0.15) is 0 Å². The predicted octanol–water partition coefficient (Wildman–Crippen LogP) is 4.26. The average Bonchev–Trinajstić information content (AvgIpc) is 3.56. The number of benzene rings is 2. The van der Waals surface area contributed by atoms with E-state index in [1.54, 1.807) is 35.2 Å². The van der Waals surface area contributed by atoms with E-state index in [-0.39, 0.29) is 11.8 Å². The highest BCUT2D eigenvalue weighted by atomic mass is 16.6. The lowest BCUT2D eigenvalue weighted by molar-refractivity contribution is -0.142. The van der Waals surface area contributed by atoms with E-state index >= 15 is 0 Å². The highest BCUT2D eigenvalue weighted by Gasteiger charge is 2.42. The number of aliphatic hydroxyl groups is 1. The van der Waals surface area contributed by atoms with Gasteiger partial charge in [-0.1, -0.05) is 65.7 Å². The van der Waals surface area contributed by atoms with E-state index in [1.165, 1.54) is 0 Å². The summed E-state index contributed by atoms with van der Waals surface area (Å²) in [5.41, 5.74) is 1.51. The summed E-state index contributed by atoms with van der Waals surface area (Å²) in [7, 11) is 0. The second-order valence-corrected chi connectivity index (χ2v) is 11.0. The number of hydrogen-bond donors (Lipinski definition) is 3. The number of rotatable bonds is 5. The van der Waals surface area contributed by atoms with Crippen LogP contribution in [-0.2, 0) is 20.8 Å². The highest BCUT2D eigenvalue weighted by molar-refractivity contribution is 6.00. The predicted molar refractivity (Wildman–Crippen MR) is 155 cm³/mol. The van der Waals surface area contributed by atoms with Gasteiger partial charge in [-0.25, -0.2) is 0 Å². The second kappa shape index (κ2) is 13.0. The van der Waals surface area contributed by atoms with Crippen molar-refractivity contribution in [3.63, 3.8) is 0 Å². The van der Waals surface area contributed by atoms with Crippen molar-refractivity contribution in [1.29, 1.82) is 0 Å². The lowest BCUT2D eigenvalue weighted by atomic mass is 9.85. The Balaban J connectivity index is 0.00000216. The maximum absolute atomic E-state index is 13.6. The first kappa shape index (κ1) is 30.7. The average molecular weight is 548 g/mol. The van der Waals surface area contributed by atoms with Gasteiger partial charge < -0.3 is 25.4 Å². The summed E-state index contributed by atoms with van der Waals surface area (Å²) in [6.45, 7) is 11.9. The van der Waals surface area contributed by atoms with Crippen LogP contribution in [0, 0.1) is 17.3 Å². The maximum atomic E-state index is 13.6. The van der Waals surface area contributed by atoms with E-state index in [2.05, 4.69) is 22.5 Å². The number of hydrogen-bond acceptors (Lipinski definition) is 5. The molecule has 1 saturated heterocycles. The molecule has 3 amide bonds. The van der Waals surface area contributed by atoms with E-state index in [4.69, 9.17) is 4.74 Å². The van der Waals surface area contributed by atoms with E-state index in [9.17, 15) is 19.5 Å². The van der Waals surface area contributed by atoms with Gasteiger partial charge in [-0.15, -0.1) is 0 Å². The smallest absolute Gasteiger partial charge is 0.296 e. The number of likely N-dealkylation sites (tertiary alicyclic amines) is 1. The number of para-hydroxylation sites is 1. The number of ether oxygens (including phenoxy) is 1. The standard InChI is InChI=1S/C30H35N3O5.C2H6/c1-5-30(37)19-21-18-20(13-15-24(21)38-30)14-16-25(34)32-26(29(2,3)4)28(36)33-17-9-12-23(33)27(35)31-22-10-7-6-8-11-22;1-2/h6-8,10-11,13,15,18,23,26,37H,5,9,12,17,19H2,1-4H3,(H,31,35)(H,32,34);1-2H3. The Morgan fingerprint density at radius 3 is 2.50 bits per heavy atom. The molecule has 0 aliphatic carbocycles. The van der Waals surface area contributed by atoms with E-state index in [1.807, 2.05) is 59.7 Å². The molecular weight excluding hydrogens is 506 g/mol. The fraction of sp³-hybridized carbons (Fsp3) is 0.469. The van der Waals surface area contributed by atoms with Gasteiger partial charge >= 0.3 is 0 Å². The van der Waals surface area contributed by atoms with Crippen molar-refractivity contribution in [2.24, 2.45) is 5.41 Å². The molecule has 3 N–H and O–H groups in total. The van der Waals surface area contributed by atoms with Gasteiger partial charge in [0.2, 0.25) is 17.6 Å². The third-order valence-electron chi connectivity index (χ3n) is 6.97. The molecule has 8 heteroatoms. The van der Waals surface area contributed by atoms with Crippen molar-refractivity contribution in [3.8, 4) is 17.6 Å². The van der Waals surface area contributed by atoms with Crippen LogP contribution in [0.1, 0.15) is 71.9 Å². The fourth-order valence-electron chi connectivity index (χ4n) is 4.79. The Bertz CT molecular complexity index is 1270. The molecule has 3 atom stereocenters. The molecule has 3 unspecified atom stereocenters. The molecule has 8 nitrogen and oxygen atoms in total. The molecule has 0 radical (unpaired) electrons. The largest absolute Gasteiger partial charge is 0.462 e. The van der Waals surface area contributed by atoms with Crippen molar-refractivity contribution < 1.29 is 24.2 Å². The number of anilines is 1. The van der Waals surface area contributed by atoms with Crippen molar-refractivity contribution >= 4 is 23.4 Å². The number of carbonyl (C=O) groups excluding carboxylic acids is 3. The molecule has 2 heterocycles. The Morgan fingerprint density at radius 2 is 1.85 bits per heavy atom. The topological polar surface area (TPSA) is 108 Å². The summed E-state index contributed by atoms with van der Waals surface area (Å²) in [6.07, 6.45) is 2.08. The van der Waals surface area contributed by atoms with Gasteiger partial charge in [0.25, 0.3) is 5.91 Å². The first-order chi connectivity index (χ1) is 19.0. The molecule has 2 aromatic carbocycles. The Labute approximate surface area is 237 Å². The third kappa shape index (κ3) is 7.42. The number of carbonyl (C=O) groups is 3. The molecule has 214 valence electrons. The summed E-state index contributed by atoms with van der Waals surface area (Å²) >= 11 is 0. The van der Waals surface area contributed by atoms with Crippen molar-refractivity contribution in [1.82, 2.24) is 10.2 Å². The minimum absolute atomic E-state index is 0.239. The SMILES string of the molecule is CC.CCC1(O)Cc2cc(C#CC(=O)NC(C(=O)N3CCCC3C(=O)Nc3ccccc3)C(C)(C)C)ccc2O1. The van der Waals surface area contributed by atoms with Gasteiger partial charge in [0.05, 0.1) is 0 Å². The Hall–Kier alpha value is -3.83. The van der Waals surface area contributed by atoms with Crippen LogP contribution in [0.15, 0.2) is 48.5 Å². The third-order valence-corrected chi connectivity index (χ3v) is 6.97. The molecule has 0 bridgehead atoms. The van der Waals surface area contributed by atoms with Crippen LogP contribution in [0.3, 0.4) is 0 Å². The maximum Gasteiger partial charge on any atom is 0.296 e. The van der Waals surface area contributed by atoms with E-state index in [0.29, 0.717) is 49.2 Å².